The van der Waals surface area contributed by atoms with Crippen LogP contribution in [0.25, 0.3) is 10.9 Å². The van der Waals surface area contributed by atoms with Gasteiger partial charge in [-0.3, -0.25) is 0 Å². The average molecular weight is 378 g/mol. The maximum Gasteiger partial charge on any atom is 0.416 e. The highest BCUT2D eigenvalue weighted by molar-refractivity contribution is 5.82. The van der Waals surface area contributed by atoms with Crippen molar-refractivity contribution < 1.29 is 19.0 Å². The molecule has 2 heterocycles. The van der Waals surface area contributed by atoms with Crippen LogP contribution in [0.5, 0.6) is 17.4 Å². The van der Waals surface area contributed by atoms with Crippen molar-refractivity contribution in [2.24, 2.45) is 0 Å². The maximum absolute atomic E-state index is 12.4. The zero-order chi connectivity index (χ0) is 19.7. The second kappa shape index (κ2) is 7.38. The molecule has 0 saturated heterocycles. The summed E-state index contributed by atoms with van der Waals surface area (Å²) in [7, 11) is 3.22. The molecule has 1 aliphatic rings. The van der Waals surface area contributed by atoms with Gasteiger partial charge in [0, 0.05) is 17.5 Å². The standard InChI is InChI=1S/C22H22N2O4/c1-14-4-6-16-12-17-13-24(22(25)28-21(17)23-18(16)10-14)9-8-15-5-7-19(26-2)20(11-15)27-3/h4-7,10-12H,8-9,13H2,1-3H3. The van der Waals surface area contributed by atoms with E-state index in [0.29, 0.717) is 36.9 Å². The number of rotatable bonds is 5. The lowest BCUT2D eigenvalue weighted by atomic mass is 10.1. The minimum absolute atomic E-state index is 0.368. The molecule has 0 spiro atoms. The van der Waals surface area contributed by atoms with Gasteiger partial charge in [-0.25, -0.2) is 9.78 Å². The van der Waals surface area contributed by atoms with Gasteiger partial charge in [0.1, 0.15) is 0 Å². The van der Waals surface area contributed by atoms with Crippen molar-refractivity contribution in [3.8, 4) is 17.4 Å². The number of carbonyl (C=O) groups is 1. The van der Waals surface area contributed by atoms with Crippen molar-refractivity contribution >= 4 is 17.0 Å². The fourth-order valence-electron chi connectivity index (χ4n) is 3.39. The van der Waals surface area contributed by atoms with Gasteiger partial charge >= 0.3 is 6.09 Å². The van der Waals surface area contributed by atoms with E-state index in [2.05, 4.69) is 11.1 Å². The fourth-order valence-corrected chi connectivity index (χ4v) is 3.39. The number of carbonyl (C=O) groups excluding carboxylic acids is 1. The third-order valence-electron chi connectivity index (χ3n) is 4.93. The minimum Gasteiger partial charge on any atom is -0.493 e. The molecule has 0 unspecified atom stereocenters. The Hall–Kier alpha value is -3.28. The third-order valence-corrected chi connectivity index (χ3v) is 4.93. The number of nitrogens with zero attached hydrogens (tertiary/aromatic N) is 2. The number of benzene rings is 2. The summed E-state index contributed by atoms with van der Waals surface area (Å²) in [5.41, 5.74) is 3.94. The first-order chi connectivity index (χ1) is 13.6. The zero-order valence-corrected chi connectivity index (χ0v) is 16.2. The van der Waals surface area contributed by atoms with E-state index in [-0.39, 0.29) is 6.09 Å². The molecule has 0 radical (unpaired) electrons. The van der Waals surface area contributed by atoms with Gasteiger partial charge in [0.05, 0.1) is 26.3 Å². The minimum atomic E-state index is -0.368. The largest absolute Gasteiger partial charge is 0.493 e. The first-order valence-corrected chi connectivity index (χ1v) is 9.15. The molecule has 28 heavy (non-hydrogen) atoms. The maximum atomic E-state index is 12.4. The second-order valence-electron chi connectivity index (χ2n) is 6.88. The molecule has 4 rings (SSSR count). The SMILES string of the molecule is COc1ccc(CCN2Cc3cc4ccc(C)cc4nc3OC2=O)cc1OC. The van der Waals surface area contributed by atoms with E-state index in [4.69, 9.17) is 14.2 Å². The van der Waals surface area contributed by atoms with Crippen molar-refractivity contribution in [3.05, 3.63) is 59.2 Å². The highest BCUT2D eigenvalue weighted by Crippen LogP contribution is 2.30. The Balaban J connectivity index is 1.51. The van der Waals surface area contributed by atoms with Crippen molar-refractivity contribution in [2.75, 3.05) is 20.8 Å². The summed E-state index contributed by atoms with van der Waals surface area (Å²) in [6.07, 6.45) is 0.317. The van der Waals surface area contributed by atoms with Crippen molar-refractivity contribution in [2.45, 2.75) is 19.9 Å². The number of amides is 1. The molecule has 0 aliphatic carbocycles. The van der Waals surface area contributed by atoms with Gasteiger partial charge in [-0.1, -0.05) is 18.2 Å². The molecular weight excluding hydrogens is 356 g/mol. The van der Waals surface area contributed by atoms with Crippen LogP contribution in [-0.2, 0) is 13.0 Å². The molecule has 2 aromatic carbocycles. The number of hydrogen-bond donors (Lipinski definition) is 0. The van der Waals surface area contributed by atoms with Gasteiger partial charge in [-0.15, -0.1) is 0 Å². The monoisotopic (exact) mass is 378 g/mol. The predicted octanol–water partition coefficient (Wildman–Crippen LogP) is 4.12. The molecule has 3 aromatic rings. The number of methoxy groups -OCH3 is 2. The van der Waals surface area contributed by atoms with Crippen molar-refractivity contribution in [3.63, 3.8) is 0 Å². The summed E-state index contributed by atoms with van der Waals surface area (Å²) in [4.78, 5) is 18.6. The summed E-state index contributed by atoms with van der Waals surface area (Å²) in [5, 5.41) is 1.04. The van der Waals surface area contributed by atoms with E-state index >= 15 is 0 Å². The van der Waals surface area contributed by atoms with E-state index in [0.717, 1.165) is 27.6 Å². The molecular formula is C22H22N2O4. The van der Waals surface area contributed by atoms with Crippen molar-refractivity contribution in [1.82, 2.24) is 9.88 Å². The van der Waals surface area contributed by atoms with E-state index in [9.17, 15) is 4.79 Å². The topological polar surface area (TPSA) is 60.9 Å². The number of aryl methyl sites for hydroxylation is 1. The molecule has 0 atom stereocenters. The first kappa shape index (κ1) is 18.1. The van der Waals surface area contributed by atoms with Crippen LogP contribution in [0.15, 0.2) is 42.5 Å². The molecule has 0 bridgehead atoms. The molecule has 1 aliphatic heterocycles. The second-order valence-corrected chi connectivity index (χ2v) is 6.88. The number of hydrogen-bond acceptors (Lipinski definition) is 5. The molecule has 6 nitrogen and oxygen atoms in total. The van der Waals surface area contributed by atoms with Gasteiger partial charge in [-0.2, -0.15) is 0 Å². The predicted molar refractivity (Wildman–Crippen MR) is 106 cm³/mol. The Morgan fingerprint density at radius 2 is 1.89 bits per heavy atom. The van der Waals surface area contributed by atoms with Crippen LogP contribution >= 0.6 is 0 Å². The quantitative estimate of drug-likeness (QED) is 0.668. The molecule has 144 valence electrons. The highest BCUT2D eigenvalue weighted by Gasteiger charge is 2.26. The summed E-state index contributed by atoms with van der Waals surface area (Å²) in [5.74, 6) is 1.77. The molecule has 1 amide bonds. The fraction of sp³-hybridized carbons (Fsp3) is 0.273. The third kappa shape index (κ3) is 3.45. The summed E-state index contributed by atoms with van der Waals surface area (Å²) < 4.78 is 16.1. The lowest BCUT2D eigenvalue weighted by Crippen LogP contribution is -2.38. The van der Waals surface area contributed by atoms with Gasteiger partial charge in [-0.05, 0) is 48.7 Å². The van der Waals surface area contributed by atoms with Crippen LogP contribution in [0, 0.1) is 6.92 Å². The lowest BCUT2D eigenvalue weighted by molar-refractivity contribution is 0.137. The average Bonchev–Trinajstić information content (AvgIpc) is 2.70. The van der Waals surface area contributed by atoms with Gasteiger partial charge in [0.2, 0.25) is 5.88 Å². The smallest absolute Gasteiger partial charge is 0.416 e. The summed E-state index contributed by atoms with van der Waals surface area (Å²) >= 11 is 0. The first-order valence-electron chi connectivity index (χ1n) is 9.15. The van der Waals surface area contributed by atoms with Crippen molar-refractivity contribution in [1.29, 1.82) is 0 Å². The van der Waals surface area contributed by atoms with Crippen LogP contribution in [-0.4, -0.2) is 36.7 Å². The number of aromatic nitrogens is 1. The van der Waals surface area contributed by atoms with Crippen LogP contribution < -0.4 is 14.2 Å². The molecule has 6 heteroatoms. The van der Waals surface area contributed by atoms with Gasteiger partial charge in [0.15, 0.2) is 11.5 Å². The normalized spacial score (nSPS) is 13.2. The molecule has 0 N–H and O–H groups in total. The van der Waals surface area contributed by atoms with E-state index in [1.54, 1.807) is 19.1 Å². The van der Waals surface area contributed by atoms with E-state index in [1.165, 1.54) is 0 Å². The van der Waals surface area contributed by atoms with Gasteiger partial charge in [0.25, 0.3) is 0 Å². The number of fused-ring (bicyclic) bond motifs is 2. The Kier molecular flexibility index (Phi) is 4.77. The van der Waals surface area contributed by atoms with Crippen LogP contribution in [0.1, 0.15) is 16.7 Å². The Bertz CT molecular complexity index is 1050. The van der Waals surface area contributed by atoms with Gasteiger partial charge < -0.3 is 19.1 Å². The Labute approximate surface area is 163 Å². The molecule has 0 fully saturated rings. The summed E-state index contributed by atoms with van der Waals surface area (Å²) in [6.45, 7) is 3.04. The van der Waals surface area contributed by atoms with E-state index in [1.807, 2.05) is 43.3 Å². The van der Waals surface area contributed by atoms with Crippen LogP contribution in [0.4, 0.5) is 4.79 Å². The van der Waals surface area contributed by atoms with Crippen LogP contribution in [0.3, 0.4) is 0 Å². The zero-order valence-electron chi connectivity index (χ0n) is 16.2. The Morgan fingerprint density at radius 1 is 1.07 bits per heavy atom. The summed E-state index contributed by atoms with van der Waals surface area (Å²) in [6, 6.07) is 13.9. The van der Waals surface area contributed by atoms with Crippen LogP contribution in [0.2, 0.25) is 0 Å². The highest BCUT2D eigenvalue weighted by atomic mass is 16.6. The number of pyridine rings is 1. The lowest BCUT2D eigenvalue weighted by Gasteiger charge is -2.27. The molecule has 1 aromatic heterocycles. The molecule has 0 saturated carbocycles. The number of ether oxygens (including phenoxy) is 3. The Morgan fingerprint density at radius 3 is 2.68 bits per heavy atom. The van der Waals surface area contributed by atoms with E-state index < -0.39 is 0 Å².